The van der Waals surface area contributed by atoms with Crippen molar-refractivity contribution in [2.45, 2.75) is 66.7 Å². The number of rotatable bonds is 2. The van der Waals surface area contributed by atoms with Crippen LogP contribution in [0, 0.1) is 28.6 Å². The topological polar surface area (TPSA) is 29.1 Å². The molecule has 1 N–H and O–H groups in total. The summed E-state index contributed by atoms with van der Waals surface area (Å²) in [6.45, 7) is 11.8. The highest BCUT2D eigenvalue weighted by Gasteiger charge is 2.44. The molecule has 3 aliphatic carbocycles. The lowest BCUT2D eigenvalue weighted by molar-refractivity contribution is -0.134. The highest BCUT2D eigenvalue weighted by Crippen LogP contribution is 2.50. The molecule has 0 saturated heterocycles. The number of fused-ring (bicyclic) bond motifs is 4. The van der Waals surface area contributed by atoms with Crippen molar-refractivity contribution in [1.29, 1.82) is 0 Å². The van der Waals surface area contributed by atoms with Crippen LogP contribution in [0.15, 0.2) is 0 Å². The molecule has 110 valence electrons. The fourth-order valence-corrected chi connectivity index (χ4v) is 4.12. The Hall–Kier alpha value is -0.530. The van der Waals surface area contributed by atoms with E-state index in [0.717, 1.165) is 31.2 Å². The summed E-state index contributed by atoms with van der Waals surface area (Å²) in [5.74, 6) is 2.75. The molecule has 0 heterocycles. The maximum atomic E-state index is 12.6. The first kappa shape index (κ1) is 14.9. The Balaban J connectivity index is 1.99. The largest absolute Gasteiger partial charge is 0.355 e. The maximum absolute atomic E-state index is 12.6. The van der Waals surface area contributed by atoms with Gasteiger partial charge in [0.25, 0.3) is 0 Å². The SMILES string of the molecule is CC1CC2CC(C2)CC(C)(C(=O)NCC(C)(C)C)C1. The molecule has 3 aliphatic rings. The zero-order valence-electron chi connectivity index (χ0n) is 13.4. The Bertz CT molecular complexity index is 334. The minimum Gasteiger partial charge on any atom is -0.355 e. The van der Waals surface area contributed by atoms with Crippen LogP contribution < -0.4 is 5.32 Å². The third-order valence-electron chi connectivity index (χ3n) is 4.93. The van der Waals surface area contributed by atoms with Crippen molar-refractivity contribution in [3.63, 3.8) is 0 Å². The highest BCUT2D eigenvalue weighted by atomic mass is 16.2. The molecule has 0 spiro atoms. The molecule has 2 nitrogen and oxygen atoms in total. The minimum absolute atomic E-state index is 0.138. The molecule has 0 aromatic carbocycles. The van der Waals surface area contributed by atoms with Crippen LogP contribution in [0.5, 0.6) is 0 Å². The van der Waals surface area contributed by atoms with Crippen LogP contribution in [-0.4, -0.2) is 12.5 Å². The lowest BCUT2D eigenvalue weighted by Crippen LogP contribution is -2.46. The van der Waals surface area contributed by atoms with Gasteiger partial charge in [0.1, 0.15) is 0 Å². The summed E-state index contributed by atoms with van der Waals surface area (Å²) in [5, 5.41) is 3.20. The number of nitrogens with one attached hydrogen (secondary N) is 1. The third-order valence-corrected chi connectivity index (χ3v) is 4.93. The van der Waals surface area contributed by atoms with Crippen LogP contribution in [0.4, 0.5) is 0 Å². The number of hydrogen-bond acceptors (Lipinski definition) is 1. The van der Waals surface area contributed by atoms with Gasteiger partial charge in [0.2, 0.25) is 5.91 Å². The average molecular weight is 265 g/mol. The van der Waals surface area contributed by atoms with Gasteiger partial charge >= 0.3 is 0 Å². The predicted octanol–water partition coefficient (Wildman–Crippen LogP) is 4.00. The van der Waals surface area contributed by atoms with Gasteiger partial charge in [-0.1, -0.05) is 34.6 Å². The summed E-state index contributed by atoms with van der Waals surface area (Å²) in [7, 11) is 0. The number of carbonyl (C=O) groups is 1. The summed E-state index contributed by atoms with van der Waals surface area (Å²) >= 11 is 0. The van der Waals surface area contributed by atoms with Gasteiger partial charge in [0.05, 0.1) is 0 Å². The Labute approximate surface area is 118 Å². The van der Waals surface area contributed by atoms with Gasteiger partial charge < -0.3 is 5.32 Å². The van der Waals surface area contributed by atoms with Gasteiger partial charge in [-0.05, 0) is 55.3 Å². The van der Waals surface area contributed by atoms with E-state index in [-0.39, 0.29) is 10.8 Å². The standard InChI is InChI=1S/C17H31NO/c1-12-6-13-7-14(8-13)10-17(5,9-12)15(19)18-11-16(2,3)4/h12-14H,6-11H2,1-5H3,(H,18,19). The molecule has 3 saturated carbocycles. The van der Waals surface area contributed by atoms with Gasteiger partial charge in [0.15, 0.2) is 0 Å². The molecule has 2 bridgehead atoms. The van der Waals surface area contributed by atoms with E-state index in [2.05, 4.69) is 39.9 Å². The molecule has 3 rings (SSSR count). The second-order valence-corrected chi connectivity index (χ2v) is 8.76. The van der Waals surface area contributed by atoms with Crippen molar-refractivity contribution < 1.29 is 4.79 Å². The predicted molar refractivity (Wildman–Crippen MR) is 79.8 cm³/mol. The lowest BCUT2D eigenvalue weighted by Gasteiger charge is -2.46. The van der Waals surface area contributed by atoms with E-state index < -0.39 is 0 Å². The van der Waals surface area contributed by atoms with Crippen LogP contribution in [-0.2, 0) is 4.79 Å². The molecule has 19 heavy (non-hydrogen) atoms. The molecule has 2 unspecified atom stereocenters. The number of hydrogen-bond donors (Lipinski definition) is 1. The van der Waals surface area contributed by atoms with Gasteiger partial charge in [-0.25, -0.2) is 0 Å². The summed E-state index contributed by atoms with van der Waals surface area (Å²) in [6.07, 6.45) is 6.23. The molecule has 0 radical (unpaired) electrons. The van der Waals surface area contributed by atoms with Gasteiger partial charge in [-0.15, -0.1) is 0 Å². The molecule has 2 heteroatoms. The molecule has 0 aliphatic heterocycles. The van der Waals surface area contributed by atoms with Gasteiger partial charge in [0, 0.05) is 12.0 Å². The lowest BCUT2D eigenvalue weighted by atomic mass is 9.59. The van der Waals surface area contributed by atoms with E-state index in [9.17, 15) is 4.79 Å². The van der Waals surface area contributed by atoms with Crippen LogP contribution in [0.25, 0.3) is 0 Å². The fourth-order valence-electron chi connectivity index (χ4n) is 4.12. The minimum atomic E-state index is -0.138. The summed E-state index contributed by atoms with van der Waals surface area (Å²) in [5.41, 5.74) is 0.0293. The van der Waals surface area contributed by atoms with Crippen molar-refractivity contribution in [1.82, 2.24) is 5.32 Å². The normalized spacial score (nSPS) is 38.9. The number of amides is 1. The first-order valence-electron chi connectivity index (χ1n) is 7.96. The smallest absolute Gasteiger partial charge is 0.225 e. The third kappa shape index (κ3) is 3.73. The first-order chi connectivity index (χ1) is 8.68. The Kier molecular flexibility index (Phi) is 3.99. The maximum Gasteiger partial charge on any atom is 0.225 e. The zero-order chi connectivity index (χ0) is 14.3. The van der Waals surface area contributed by atoms with Crippen LogP contribution in [0.1, 0.15) is 66.7 Å². The van der Waals surface area contributed by atoms with E-state index in [0.29, 0.717) is 11.8 Å². The van der Waals surface area contributed by atoms with E-state index in [1.165, 1.54) is 19.3 Å². The average Bonchev–Trinajstić information content (AvgIpc) is 2.18. The summed E-state index contributed by atoms with van der Waals surface area (Å²) in [4.78, 5) is 12.6. The monoisotopic (exact) mass is 265 g/mol. The van der Waals surface area contributed by atoms with E-state index >= 15 is 0 Å². The van der Waals surface area contributed by atoms with Crippen LogP contribution in [0.3, 0.4) is 0 Å². The Morgan fingerprint density at radius 2 is 1.79 bits per heavy atom. The second kappa shape index (κ2) is 5.10. The van der Waals surface area contributed by atoms with Gasteiger partial charge in [-0.2, -0.15) is 0 Å². The fraction of sp³-hybridized carbons (Fsp3) is 0.941. The van der Waals surface area contributed by atoms with Crippen molar-refractivity contribution in [2.24, 2.45) is 28.6 Å². The number of carbonyl (C=O) groups excluding carboxylic acids is 1. The first-order valence-corrected chi connectivity index (χ1v) is 7.96. The quantitative estimate of drug-likeness (QED) is 0.803. The molecular formula is C17H31NO. The zero-order valence-corrected chi connectivity index (χ0v) is 13.4. The van der Waals surface area contributed by atoms with Crippen LogP contribution >= 0.6 is 0 Å². The van der Waals surface area contributed by atoms with E-state index in [4.69, 9.17) is 0 Å². The molecule has 0 aromatic heterocycles. The molecule has 1 amide bonds. The van der Waals surface area contributed by atoms with Crippen molar-refractivity contribution in [3.05, 3.63) is 0 Å². The Morgan fingerprint density at radius 3 is 2.37 bits per heavy atom. The Morgan fingerprint density at radius 1 is 1.16 bits per heavy atom. The van der Waals surface area contributed by atoms with E-state index in [1.54, 1.807) is 0 Å². The highest BCUT2D eigenvalue weighted by molar-refractivity contribution is 5.82. The molecular weight excluding hydrogens is 234 g/mol. The summed E-state index contributed by atoms with van der Waals surface area (Å²) in [6, 6.07) is 0. The van der Waals surface area contributed by atoms with Crippen molar-refractivity contribution >= 4 is 5.91 Å². The second-order valence-electron chi connectivity index (χ2n) is 8.76. The summed E-state index contributed by atoms with van der Waals surface area (Å²) < 4.78 is 0. The van der Waals surface area contributed by atoms with Crippen molar-refractivity contribution in [3.8, 4) is 0 Å². The van der Waals surface area contributed by atoms with Crippen molar-refractivity contribution in [2.75, 3.05) is 6.54 Å². The van der Waals surface area contributed by atoms with Crippen LogP contribution in [0.2, 0.25) is 0 Å². The van der Waals surface area contributed by atoms with E-state index in [1.807, 2.05) is 0 Å². The molecule has 3 fully saturated rings. The molecule has 0 aromatic rings. The molecule has 2 atom stereocenters. The van der Waals surface area contributed by atoms with Gasteiger partial charge in [-0.3, -0.25) is 4.79 Å².